The number of carbonyl (C=O) groups is 1. The van der Waals surface area contributed by atoms with Crippen LogP contribution in [0, 0.1) is 22.6 Å². The summed E-state index contributed by atoms with van der Waals surface area (Å²) in [6.45, 7) is 1.62. The normalized spacial score (nSPS) is 20.3. The molecule has 0 N–H and O–H groups in total. The van der Waals surface area contributed by atoms with Crippen molar-refractivity contribution in [2.24, 2.45) is 5.41 Å². The Morgan fingerprint density at radius 2 is 2.10 bits per heavy atom. The Labute approximate surface area is 161 Å². The Bertz CT molecular complexity index is 1020. The predicted octanol–water partition coefficient (Wildman–Crippen LogP) is 3.31. The molecule has 2 heterocycles. The van der Waals surface area contributed by atoms with E-state index in [-0.39, 0.29) is 35.9 Å². The van der Waals surface area contributed by atoms with Gasteiger partial charge in [-0.1, -0.05) is 5.16 Å². The number of nitrogens with zero attached hydrogens (tertiary/aromatic N) is 4. The molecule has 1 aliphatic carbocycles. The van der Waals surface area contributed by atoms with Gasteiger partial charge in [0.2, 0.25) is 11.7 Å². The molecule has 0 unspecified atom stereocenters. The van der Waals surface area contributed by atoms with E-state index in [1.165, 1.54) is 11.0 Å². The molecule has 4 rings (SSSR count). The van der Waals surface area contributed by atoms with Crippen LogP contribution in [0.15, 0.2) is 16.7 Å². The van der Waals surface area contributed by atoms with Crippen LogP contribution in [0.25, 0.3) is 11.4 Å². The molecule has 2 aromatic rings. The predicted molar refractivity (Wildman–Crippen MR) is 87.5 cm³/mol. The summed E-state index contributed by atoms with van der Waals surface area (Å²) in [7, 11) is 0. The third kappa shape index (κ3) is 3.28. The number of fused-ring (bicyclic) bond motifs is 1. The van der Waals surface area contributed by atoms with Gasteiger partial charge in [-0.3, -0.25) is 4.79 Å². The fraction of sp³-hybridized carbons (Fsp3) is 0.444. The lowest BCUT2D eigenvalue weighted by Crippen LogP contribution is -2.43. The summed E-state index contributed by atoms with van der Waals surface area (Å²) in [5, 5.41) is 12.5. The average Bonchev–Trinajstić information content (AvgIpc) is 3.34. The van der Waals surface area contributed by atoms with E-state index in [0.717, 1.165) is 6.07 Å². The number of amides is 1. The summed E-state index contributed by atoms with van der Waals surface area (Å²) >= 11 is 0. The van der Waals surface area contributed by atoms with Crippen molar-refractivity contribution in [2.75, 3.05) is 6.61 Å². The van der Waals surface area contributed by atoms with Crippen LogP contribution in [0.1, 0.15) is 31.2 Å². The van der Waals surface area contributed by atoms with Gasteiger partial charge in [-0.05, 0) is 31.9 Å². The third-order valence-corrected chi connectivity index (χ3v) is 5.06. The van der Waals surface area contributed by atoms with E-state index in [9.17, 15) is 27.6 Å². The molecule has 0 saturated heterocycles. The summed E-state index contributed by atoms with van der Waals surface area (Å²) in [5.41, 5.74) is -1.04. The maximum absolute atomic E-state index is 14.8. The van der Waals surface area contributed by atoms with Crippen LogP contribution in [-0.4, -0.2) is 33.6 Å². The second kappa shape index (κ2) is 6.43. The van der Waals surface area contributed by atoms with Gasteiger partial charge in [0.15, 0.2) is 0 Å². The van der Waals surface area contributed by atoms with Crippen molar-refractivity contribution in [2.45, 2.75) is 38.5 Å². The standard InChI is InChI=1S/C18H14F4N4O3/c1-9-7-28-13-5-10(14-24-15(29-25-14)18(20,21)22)4-12(19)11(13)6-26(9)16(27)17(8-23)2-3-17/h4-5,9H,2-3,6-7H2,1H3/t9-/m1/s1. The lowest BCUT2D eigenvalue weighted by atomic mass is 10.0. The van der Waals surface area contributed by atoms with Crippen LogP contribution in [0.5, 0.6) is 5.75 Å². The average molecular weight is 410 g/mol. The number of carbonyl (C=O) groups excluding carboxylic acids is 1. The molecule has 2 aliphatic rings. The first kappa shape index (κ1) is 19.2. The number of hydrogen-bond donors (Lipinski definition) is 0. The van der Waals surface area contributed by atoms with Gasteiger partial charge >= 0.3 is 12.1 Å². The van der Waals surface area contributed by atoms with Crippen molar-refractivity contribution in [3.05, 3.63) is 29.4 Å². The number of alkyl halides is 3. The highest BCUT2D eigenvalue weighted by molar-refractivity contribution is 5.88. The minimum atomic E-state index is -4.82. The first-order valence-corrected chi connectivity index (χ1v) is 8.73. The lowest BCUT2D eigenvalue weighted by Gasteiger charge is -2.28. The first-order chi connectivity index (χ1) is 13.6. The molecule has 1 aromatic heterocycles. The summed E-state index contributed by atoms with van der Waals surface area (Å²) in [5.74, 6) is -3.07. The fourth-order valence-electron chi connectivity index (χ4n) is 3.15. The SMILES string of the molecule is C[C@@H]1COc2cc(-c3noc(C(F)(F)F)n3)cc(F)c2CN1C(=O)C1(C#N)CC1. The van der Waals surface area contributed by atoms with E-state index in [2.05, 4.69) is 14.7 Å². The van der Waals surface area contributed by atoms with Crippen LogP contribution in [0.4, 0.5) is 17.6 Å². The number of ether oxygens (including phenoxy) is 1. The van der Waals surface area contributed by atoms with Crippen LogP contribution in [-0.2, 0) is 17.5 Å². The van der Waals surface area contributed by atoms with Crippen LogP contribution in [0.3, 0.4) is 0 Å². The van der Waals surface area contributed by atoms with Gasteiger partial charge in [0, 0.05) is 11.1 Å². The van der Waals surface area contributed by atoms with Gasteiger partial charge in [0.05, 0.1) is 18.7 Å². The molecule has 1 amide bonds. The Balaban J connectivity index is 1.67. The summed E-state index contributed by atoms with van der Waals surface area (Å²) < 4.78 is 62.6. The van der Waals surface area contributed by atoms with Gasteiger partial charge in [-0.2, -0.15) is 23.4 Å². The zero-order valence-electron chi connectivity index (χ0n) is 15.1. The van der Waals surface area contributed by atoms with E-state index in [1.54, 1.807) is 6.92 Å². The largest absolute Gasteiger partial charge is 0.491 e. The molecule has 1 aliphatic heterocycles. The topological polar surface area (TPSA) is 92.2 Å². The first-order valence-electron chi connectivity index (χ1n) is 8.73. The van der Waals surface area contributed by atoms with Crippen LogP contribution in [0.2, 0.25) is 0 Å². The fourth-order valence-corrected chi connectivity index (χ4v) is 3.15. The van der Waals surface area contributed by atoms with Crippen molar-refractivity contribution in [1.82, 2.24) is 15.0 Å². The van der Waals surface area contributed by atoms with Crippen molar-refractivity contribution in [3.63, 3.8) is 0 Å². The molecule has 7 nitrogen and oxygen atoms in total. The summed E-state index contributed by atoms with van der Waals surface area (Å²) in [4.78, 5) is 17.4. The maximum Gasteiger partial charge on any atom is 0.471 e. The number of nitriles is 1. The molecule has 1 atom stereocenters. The molecule has 1 aromatic carbocycles. The van der Waals surface area contributed by atoms with Gasteiger partial charge in [0.1, 0.15) is 23.6 Å². The Hall–Kier alpha value is -3.16. The van der Waals surface area contributed by atoms with E-state index < -0.39 is 35.2 Å². The van der Waals surface area contributed by atoms with Crippen molar-refractivity contribution >= 4 is 5.91 Å². The minimum Gasteiger partial charge on any atom is -0.491 e. The zero-order valence-corrected chi connectivity index (χ0v) is 15.1. The third-order valence-electron chi connectivity index (χ3n) is 5.06. The highest BCUT2D eigenvalue weighted by Crippen LogP contribution is 2.47. The van der Waals surface area contributed by atoms with E-state index in [1.807, 2.05) is 6.07 Å². The second-order valence-electron chi connectivity index (χ2n) is 7.14. The molecule has 29 heavy (non-hydrogen) atoms. The molecule has 0 spiro atoms. The molecular formula is C18H14F4N4O3. The Morgan fingerprint density at radius 1 is 1.38 bits per heavy atom. The highest BCUT2D eigenvalue weighted by Gasteiger charge is 2.53. The van der Waals surface area contributed by atoms with E-state index in [4.69, 9.17) is 4.74 Å². The van der Waals surface area contributed by atoms with Crippen molar-refractivity contribution in [1.29, 1.82) is 5.26 Å². The van der Waals surface area contributed by atoms with Gasteiger partial charge in [-0.25, -0.2) is 4.39 Å². The summed E-state index contributed by atoms with van der Waals surface area (Å²) in [6, 6.07) is 3.87. The lowest BCUT2D eigenvalue weighted by molar-refractivity contribution is -0.159. The molecule has 152 valence electrons. The quantitative estimate of drug-likeness (QED) is 0.706. The maximum atomic E-state index is 14.8. The van der Waals surface area contributed by atoms with Crippen LogP contribution >= 0.6 is 0 Å². The Kier molecular flexibility index (Phi) is 4.25. The van der Waals surface area contributed by atoms with Gasteiger partial charge in [0.25, 0.3) is 0 Å². The number of aromatic nitrogens is 2. The van der Waals surface area contributed by atoms with E-state index >= 15 is 0 Å². The van der Waals surface area contributed by atoms with Gasteiger partial charge in [-0.15, -0.1) is 0 Å². The smallest absolute Gasteiger partial charge is 0.471 e. The molecule has 1 saturated carbocycles. The minimum absolute atomic E-state index is 0.0309. The monoisotopic (exact) mass is 410 g/mol. The number of benzene rings is 1. The van der Waals surface area contributed by atoms with Crippen molar-refractivity contribution in [3.8, 4) is 23.2 Å². The molecule has 0 bridgehead atoms. The summed E-state index contributed by atoms with van der Waals surface area (Å²) in [6.07, 6.45) is -3.90. The molecular weight excluding hydrogens is 396 g/mol. The van der Waals surface area contributed by atoms with E-state index in [0.29, 0.717) is 12.8 Å². The molecule has 0 radical (unpaired) electrons. The molecule has 1 fully saturated rings. The number of halogens is 4. The van der Waals surface area contributed by atoms with Crippen LogP contribution < -0.4 is 4.74 Å². The Morgan fingerprint density at radius 3 is 2.69 bits per heavy atom. The van der Waals surface area contributed by atoms with Gasteiger partial charge < -0.3 is 14.2 Å². The number of hydrogen-bond acceptors (Lipinski definition) is 6. The zero-order chi connectivity index (χ0) is 21.0. The molecule has 11 heteroatoms. The number of rotatable bonds is 2. The highest BCUT2D eigenvalue weighted by atomic mass is 19.4. The second-order valence-corrected chi connectivity index (χ2v) is 7.14. The van der Waals surface area contributed by atoms with Crippen molar-refractivity contribution < 1.29 is 31.6 Å².